The van der Waals surface area contributed by atoms with Crippen molar-refractivity contribution in [3.8, 4) is 0 Å². The van der Waals surface area contributed by atoms with Crippen molar-refractivity contribution in [1.29, 1.82) is 0 Å². The van der Waals surface area contributed by atoms with Crippen molar-refractivity contribution in [2.45, 2.75) is 120 Å². The number of hydrogen-bond donors (Lipinski definition) is 4. The van der Waals surface area contributed by atoms with Crippen LogP contribution in [0.2, 0.25) is 0 Å². The Kier molecular flexibility index (Phi) is 16.1. The van der Waals surface area contributed by atoms with Crippen molar-refractivity contribution >= 4 is 39.7 Å². The minimum atomic E-state index is -4.17. The molecule has 17 heteroatoms. The fourth-order valence-electron chi connectivity index (χ4n) is 7.25. The molecule has 0 bridgehead atoms. The molecular weight excluding hydrogens is 733 g/mol. The second kappa shape index (κ2) is 19.4. The summed E-state index contributed by atoms with van der Waals surface area (Å²) in [5, 5.41) is 8.26. The van der Waals surface area contributed by atoms with Crippen LogP contribution in [0.25, 0.3) is 0 Å². The number of amides is 5. The number of ether oxygens (including phenoxy) is 3. The van der Waals surface area contributed by atoms with Gasteiger partial charge in [0.2, 0.25) is 17.7 Å². The number of nitrogens with zero attached hydrogens (tertiary/aromatic N) is 2. The Hall–Kier alpha value is -3.80. The van der Waals surface area contributed by atoms with Gasteiger partial charge in [0.25, 0.3) is 15.9 Å². The van der Waals surface area contributed by atoms with Crippen molar-refractivity contribution in [3.63, 3.8) is 0 Å². The van der Waals surface area contributed by atoms with Gasteiger partial charge in [0.15, 0.2) is 0 Å². The Bertz CT molecular complexity index is 1610. The number of nitrogens with one attached hydrogen (secondary N) is 4. The number of rotatable bonds is 19. The van der Waals surface area contributed by atoms with E-state index in [0.29, 0.717) is 25.8 Å². The topological polar surface area (TPSA) is 202 Å². The summed E-state index contributed by atoms with van der Waals surface area (Å²) in [5.41, 5.74) is 0.107. The fraction of sp³-hybridized carbons (Fsp3) is 0.711. The van der Waals surface area contributed by atoms with Crippen LogP contribution in [0.5, 0.6) is 0 Å². The Balaban J connectivity index is 1.61. The Morgan fingerprint density at radius 1 is 1.00 bits per heavy atom. The van der Waals surface area contributed by atoms with Crippen molar-refractivity contribution < 1.29 is 46.6 Å². The maximum atomic E-state index is 13.9. The van der Waals surface area contributed by atoms with E-state index in [4.69, 9.17) is 14.2 Å². The maximum Gasteiger partial charge on any atom is 0.408 e. The van der Waals surface area contributed by atoms with Crippen LogP contribution < -0.4 is 20.7 Å². The zero-order chi connectivity index (χ0) is 41.3. The quantitative estimate of drug-likeness (QED) is 0.160. The van der Waals surface area contributed by atoms with Gasteiger partial charge in [-0.25, -0.2) is 17.9 Å². The summed E-state index contributed by atoms with van der Waals surface area (Å²) in [7, 11) is 2.24. The lowest BCUT2D eigenvalue weighted by Crippen LogP contribution is -2.54. The lowest BCUT2D eigenvalue weighted by molar-refractivity contribution is -0.145. The summed E-state index contributed by atoms with van der Waals surface area (Å²) in [6, 6.07) is 5.38. The van der Waals surface area contributed by atoms with Gasteiger partial charge in [-0.05, 0) is 77.1 Å². The normalized spacial score (nSPS) is 19.3. The first kappa shape index (κ1) is 45.6. The van der Waals surface area contributed by atoms with Crippen LogP contribution in [-0.2, 0) is 49.0 Å². The van der Waals surface area contributed by atoms with E-state index in [9.17, 15) is 32.4 Å². The van der Waals surface area contributed by atoms with Crippen LogP contribution in [0.15, 0.2) is 29.2 Å². The third-order valence-electron chi connectivity index (χ3n) is 10.7. The molecule has 6 unspecified atom stereocenters. The number of likely N-dealkylation sites (N-methyl/N-ethyl adjacent to an activating group) is 1. The number of hydrogen-bond acceptors (Lipinski definition) is 11. The molecule has 1 aliphatic carbocycles. The molecule has 1 aromatic rings. The number of sulfonamides is 1. The molecular formula is C38H62N6O10S. The third kappa shape index (κ3) is 12.1. The standard InChI is InChI=1S/C38H62N6O10S/c1-11-24(2)33(43(8)32(47)23-41-36(49)54-37(4,5)6)29(52-9)21-31(46)44-20-12-13-28(44)34(53-10)25(3)35(48)40-22-30(45)42-55(50,51)27-16-14-26(15-17-27)38(39-7)18-19-38/h14-17,24-25,28-29,33-34,39H,11-13,18-23H2,1-10H3,(H,40,48)(H,41,49)(H,42,45). The zero-order valence-corrected chi connectivity index (χ0v) is 34.8. The minimum Gasteiger partial charge on any atom is -0.444 e. The molecule has 1 heterocycles. The molecule has 0 spiro atoms. The number of carbonyl (C=O) groups is 5. The van der Waals surface area contributed by atoms with E-state index in [2.05, 4.69) is 16.0 Å². The van der Waals surface area contributed by atoms with Crippen LogP contribution in [0.1, 0.15) is 85.6 Å². The summed E-state index contributed by atoms with van der Waals surface area (Å²) in [6.07, 6.45) is 1.65. The Labute approximate surface area is 326 Å². The van der Waals surface area contributed by atoms with Crippen LogP contribution in [-0.4, -0.2) is 126 Å². The van der Waals surface area contributed by atoms with Crippen molar-refractivity contribution in [2.75, 3.05) is 47.9 Å². The van der Waals surface area contributed by atoms with E-state index in [1.807, 2.05) is 25.6 Å². The third-order valence-corrected chi connectivity index (χ3v) is 12.1. The van der Waals surface area contributed by atoms with Crippen LogP contribution in [0, 0.1) is 11.8 Å². The van der Waals surface area contributed by atoms with Gasteiger partial charge in [0.05, 0.1) is 48.1 Å². The predicted molar refractivity (Wildman–Crippen MR) is 205 cm³/mol. The molecule has 0 radical (unpaired) electrons. The maximum absolute atomic E-state index is 13.9. The molecule has 1 saturated heterocycles. The fourth-order valence-corrected chi connectivity index (χ4v) is 8.23. The molecule has 16 nitrogen and oxygen atoms in total. The highest BCUT2D eigenvalue weighted by molar-refractivity contribution is 7.90. The van der Waals surface area contributed by atoms with Crippen molar-refractivity contribution in [1.82, 2.24) is 30.5 Å². The van der Waals surface area contributed by atoms with Crippen molar-refractivity contribution in [2.24, 2.45) is 11.8 Å². The first-order chi connectivity index (χ1) is 25.7. The Morgan fingerprint density at radius 3 is 2.16 bits per heavy atom. The molecule has 1 aliphatic heterocycles. The highest BCUT2D eigenvalue weighted by atomic mass is 32.2. The van der Waals surface area contributed by atoms with E-state index < -0.39 is 70.3 Å². The van der Waals surface area contributed by atoms with Crippen LogP contribution >= 0.6 is 0 Å². The molecule has 0 aromatic heterocycles. The second-order valence-corrected chi connectivity index (χ2v) is 17.3. The van der Waals surface area contributed by atoms with E-state index in [1.54, 1.807) is 51.8 Å². The zero-order valence-electron chi connectivity index (χ0n) is 34.0. The molecule has 310 valence electrons. The van der Waals surface area contributed by atoms with Gasteiger partial charge in [-0.1, -0.05) is 39.3 Å². The monoisotopic (exact) mass is 794 g/mol. The highest BCUT2D eigenvalue weighted by Crippen LogP contribution is 2.45. The molecule has 1 aromatic carbocycles. The lowest BCUT2D eigenvalue weighted by atomic mass is 9.90. The second-order valence-electron chi connectivity index (χ2n) is 15.6. The molecule has 2 fully saturated rings. The summed E-state index contributed by atoms with van der Waals surface area (Å²) >= 11 is 0. The SMILES string of the molecule is CCC(C)C(C(CC(=O)N1CCCC1C(OC)C(C)C(=O)NCC(=O)NS(=O)(=O)c1ccc(C2(NC)CC2)cc1)OC)N(C)C(=O)CNC(=O)OC(C)(C)C. The number of methoxy groups -OCH3 is 2. The van der Waals surface area contributed by atoms with Gasteiger partial charge in [-0.2, -0.15) is 0 Å². The number of alkyl carbamates (subject to hydrolysis) is 1. The molecule has 3 rings (SSSR count). The average molecular weight is 795 g/mol. The summed E-state index contributed by atoms with van der Waals surface area (Å²) < 4.78 is 44.7. The lowest BCUT2D eigenvalue weighted by Gasteiger charge is -2.39. The van der Waals surface area contributed by atoms with Crippen LogP contribution in [0.4, 0.5) is 4.79 Å². The number of carbonyl (C=O) groups excluding carboxylic acids is 5. The number of likely N-dealkylation sites (tertiary alicyclic amines) is 1. The van der Waals surface area contributed by atoms with E-state index >= 15 is 0 Å². The van der Waals surface area contributed by atoms with Gasteiger partial charge in [-0.3, -0.25) is 19.2 Å². The van der Waals surface area contributed by atoms with Gasteiger partial charge in [-0.15, -0.1) is 0 Å². The minimum absolute atomic E-state index is 0.0517. The smallest absolute Gasteiger partial charge is 0.408 e. The van der Waals surface area contributed by atoms with Gasteiger partial charge >= 0.3 is 6.09 Å². The largest absolute Gasteiger partial charge is 0.444 e. The summed E-state index contributed by atoms with van der Waals surface area (Å²) in [4.78, 5) is 68.4. The average Bonchev–Trinajstić information content (AvgIpc) is 3.79. The first-order valence-corrected chi connectivity index (χ1v) is 20.4. The molecule has 4 N–H and O–H groups in total. The molecule has 1 saturated carbocycles. The molecule has 55 heavy (non-hydrogen) atoms. The number of benzene rings is 1. The first-order valence-electron chi connectivity index (χ1n) is 18.9. The molecule has 5 amide bonds. The van der Waals surface area contributed by atoms with Crippen LogP contribution in [0.3, 0.4) is 0 Å². The Morgan fingerprint density at radius 2 is 1.64 bits per heavy atom. The summed E-state index contributed by atoms with van der Waals surface area (Å²) in [5.74, 6) is -2.94. The van der Waals surface area contributed by atoms with Gasteiger partial charge in [0.1, 0.15) is 12.1 Å². The van der Waals surface area contributed by atoms with E-state index in [0.717, 1.165) is 18.4 Å². The van der Waals surface area contributed by atoms with Crippen molar-refractivity contribution in [3.05, 3.63) is 29.8 Å². The molecule has 2 aliphatic rings. The highest BCUT2D eigenvalue weighted by Gasteiger charge is 2.43. The summed E-state index contributed by atoms with van der Waals surface area (Å²) in [6.45, 7) is 10.3. The van der Waals surface area contributed by atoms with E-state index in [1.165, 1.54) is 31.3 Å². The van der Waals surface area contributed by atoms with Gasteiger partial charge < -0.3 is 40.0 Å². The molecule has 6 atom stereocenters. The van der Waals surface area contributed by atoms with Gasteiger partial charge in [0, 0.05) is 33.4 Å². The van der Waals surface area contributed by atoms with E-state index in [-0.39, 0.29) is 41.1 Å². The predicted octanol–water partition coefficient (Wildman–Crippen LogP) is 2.26.